The Morgan fingerprint density at radius 1 is 1.45 bits per heavy atom. The number of hydrogen-bond acceptors (Lipinski definition) is 3. The van der Waals surface area contributed by atoms with Crippen molar-refractivity contribution in [1.82, 2.24) is 4.90 Å². The van der Waals surface area contributed by atoms with E-state index in [1.807, 2.05) is 27.9 Å². The van der Waals surface area contributed by atoms with Gasteiger partial charge in [0.2, 0.25) is 6.08 Å². The van der Waals surface area contributed by atoms with Gasteiger partial charge in [-0.1, -0.05) is 0 Å². The minimum atomic E-state index is -0.258. The highest BCUT2D eigenvalue weighted by molar-refractivity contribution is 5.34. The molecule has 3 nitrogen and oxygen atoms in total. The summed E-state index contributed by atoms with van der Waals surface area (Å²) in [6.45, 7) is 4.81. The lowest BCUT2D eigenvalue weighted by molar-refractivity contribution is 0.344. The Hall–Kier alpha value is -0.660. The van der Waals surface area contributed by atoms with Gasteiger partial charge in [0.1, 0.15) is 0 Å². The monoisotopic (exact) mass is 156 g/mol. The molecule has 0 aliphatic rings. The van der Waals surface area contributed by atoms with Crippen LogP contribution in [0.25, 0.3) is 0 Å². The molecule has 0 saturated carbocycles. The van der Waals surface area contributed by atoms with Gasteiger partial charge in [0.15, 0.2) is 0 Å². The fraction of sp³-hybridized carbons (Fsp3) is 0.875. The average molecular weight is 156 g/mol. The lowest BCUT2D eigenvalue weighted by Crippen LogP contribution is -2.24. The Morgan fingerprint density at radius 2 is 2.00 bits per heavy atom. The average Bonchev–Trinajstić information content (AvgIpc) is 1.84. The Balaban J connectivity index is 3.82. The molecule has 64 valence electrons. The van der Waals surface area contributed by atoms with E-state index in [0.29, 0.717) is 0 Å². The first-order valence-electron chi connectivity index (χ1n) is 3.72. The quantitative estimate of drug-likeness (QED) is 0.450. The van der Waals surface area contributed by atoms with Gasteiger partial charge >= 0.3 is 0 Å². The third kappa shape index (κ3) is 5.77. The second kappa shape index (κ2) is 4.27. The third-order valence-corrected chi connectivity index (χ3v) is 1.52. The molecule has 0 saturated heterocycles. The fourth-order valence-electron chi connectivity index (χ4n) is 0.677. The maximum atomic E-state index is 9.96. The number of hydrogen-bond donors (Lipinski definition) is 0. The van der Waals surface area contributed by atoms with Crippen molar-refractivity contribution in [3.63, 3.8) is 0 Å². The molecule has 0 unspecified atom stereocenters. The van der Waals surface area contributed by atoms with Crippen LogP contribution in [0, 0.1) is 0 Å². The van der Waals surface area contributed by atoms with E-state index >= 15 is 0 Å². The van der Waals surface area contributed by atoms with Gasteiger partial charge in [-0.3, -0.25) is 0 Å². The summed E-state index contributed by atoms with van der Waals surface area (Å²) in [7, 11) is 4.00. The highest BCUT2D eigenvalue weighted by Gasteiger charge is 2.15. The highest BCUT2D eigenvalue weighted by Crippen LogP contribution is 2.12. The standard InChI is InChI=1S/C8H16N2O/c1-8(2,9-7-11)5-6-10(3)4/h5-6H2,1-4H3. The molecule has 0 amide bonds. The lowest BCUT2D eigenvalue weighted by atomic mass is 10.0. The zero-order chi connectivity index (χ0) is 8.91. The molecule has 0 heterocycles. The van der Waals surface area contributed by atoms with E-state index in [9.17, 15) is 4.79 Å². The van der Waals surface area contributed by atoms with Crippen LogP contribution in [-0.4, -0.2) is 37.2 Å². The molecule has 11 heavy (non-hydrogen) atoms. The van der Waals surface area contributed by atoms with Gasteiger partial charge in [0.05, 0.1) is 5.54 Å². The van der Waals surface area contributed by atoms with Gasteiger partial charge in [-0.15, -0.1) is 0 Å². The molecule has 0 aromatic rings. The molecule has 0 aliphatic heterocycles. The Kier molecular flexibility index (Phi) is 4.01. The minimum absolute atomic E-state index is 0.258. The van der Waals surface area contributed by atoms with E-state index in [2.05, 4.69) is 9.89 Å². The summed E-state index contributed by atoms with van der Waals surface area (Å²) in [5, 5.41) is 0. The topological polar surface area (TPSA) is 32.7 Å². The Labute approximate surface area is 68.1 Å². The number of nitrogens with zero attached hydrogens (tertiary/aromatic N) is 2. The van der Waals surface area contributed by atoms with Crippen LogP contribution in [0.4, 0.5) is 0 Å². The molecule has 0 bridgehead atoms. The maximum absolute atomic E-state index is 9.96. The third-order valence-electron chi connectivity index (χ3n) is 1.52. The summed E-state index contributed by atoms with van der Waals surface area (Å²) in [6.07, 6.45) is 2.47. The first-order chi connectivity index (χ1) is 4.98. The highest BCUT2D eigenvalue weighted by atomic mass is 16.1. The number of aliphatic imine (C=N–C) groups is 1. The Bertz CT molecular complexity index is 157. The van der Waals surface area contributed by atoms with E-state index in [0.717, 1.165) is 13.0 Å². The van der Waals surface area contributed by atoms with Crippen LogP contribution in [0.1, 0.15) is 20.3 Å². The minimum Gasteiger partial charge on any atom is -0.309 e. The van der Waals surface area contributed by atoms with Crippen molar-refractivity contribution in [2.24, 2.45) is 4.99 Å². The maximum Gasteiger partial charge on any atom is 0.235 e. The largest absolute Gasteiger partial charge is 0.309 e. The predicted molar refractivity (Wildman–Crippen MR) is 45.4 cm³/mol. The number of carbonyl (C=O) groups excluding carboxylic acids is 1. The molecule has 0 atom stereocenters. The fourth-order valence-corrected chi connectivity index (χ4v) is 0.677. The van der Waals surface area contributed by atoms with E-state index in [1.54, 1.807) is 6.08 Å². The van der Waals surface area contributed by atoms with Crippen LogP contribution in [0.2, 0.25) is 0 Å². The Morgan fingerprint density at radius 3 is 2.36 bits per heavy atom. The molecule has 0 radical (unpaired) electrons. The molecular weight excluding hydrogens is 140 g/mol. The summed E-state index contributed by atoms with van der Waals surface area (Å²) in [6, 6.07) is 0. The van der Waals surface area contributed by atoms with Crippen molar-refractivity contribution in [2.75, 3.05) is 20.6 Å². The van der Waals surface area contributed by atoms with E-state index in [-0.39, 0.29) is 5.54 Å². The van der Waals surface area contributed by atoms with Crippen molar-refractivity contribution >= 4 is 6.08 Å². The van der Waals surface area contributed by atoms with Crippen molar-refractivity contribution < 1.29 is 4.79 Å². The van der Waals surface area contributed by atoms with Crippen molar-refractivity contribution in [3.05, 3.63) is 0 Å². The first-order valence-corrected chi connectivity index (χ1v) is 3.72. The summed E-state index contributed by atoms with van der Waals surface area (Å²) in [4.78, 5) is 15.7. The molecule has 0 aromatic heterocycles. The van der Waals surface area contributed by atoms with E-state index in [1.165, 1.54) is 0 Å². The zero-order valence-corrected chi connectivity index (χ0v) is 7.72. The molecule has 0 aromatic carbocycles. The summed E-state index contributed by atoms with van der Waals surface area (Å²) >= 11 is 0. The second-order valence-corrected chi connectivity index (χ2v) is 3.57. The normalized spacial score (nSPS) is 11.4. The molecule has 0 N–H and O–H groups in total. The van der Waals surface area contributed by atoms with Crippen molar-refractivity contribution in [1.29, 1.82) is 0 Å². The smallest absolute Gasteiger partial charge is 0.235 e. The van der Waals surface area contributed by atoms with Gasteiger partial charge in [-0.2, -0.15) is 4.99 Å². The van der Waals surface area contributed by atoms with Crippen LogP contribution >= 0.6 is 0 Å². The van der Waals surface area contributed by atoms with Crippen molar-refractivity contribution in [2.45, 2.75) is 25.8 Å². The van der Waals surface area contributed by atoms with Gasteiger partial charge < -0.3 is 4.90 Å². The van der Waals surface area contributed by atoms with Gasteiger partial charge in [0, 0.05) is 0 Å². The van der Waals surface area contributed by atoms with Gasteiger partial charge in [-0.25, -0.2) is 4.79 Å². The first kappa shape index (κ1) is 10.3. The predicted octanol–water partition coefficient (Wildman–Crippen LogP) is 1.05. The van der Waals surface area contributed by atoms with Gasteiger partial charge in [0.25, 0.3) is 0 Å². The van der Waals surface area contributed by atoms with Crippen LogP contribution < -0.4 is 0 Å². The summed E-state index contributed by atoms with van der Waals surface area (Å²) in [5.41, 5.74) is -0.258. The lowest BCUT2D eigenvalue weighted by Gasteiger charge is -2.19. The van der Waals surface area contributed by atoms with Crippen LogP contribution in [-0.2, 0) is 4.79 Å². The van der Waals surface area contributed by atoms with Crippen LogP contribution in [0.3, 0.4) is 0 Å². The molecule has 0 rings (SSSR count). The van der Waals surface area contributed by atoms with Crippen LogP contribution in [0.15, 0.2) is 4.99 Å². The summed E-state index contributed by atoms with van der Waals surface area (Å²) < 4.78 is 0. The SMILES string of the molecule is CN(C)CCC(C)(C)N=C=O. The van der Waals surface area contributed by atoms with Gasteiger partial charge in [-0.05, 0) is 40.9 Å². The summed E-state index contributed by atoms with van der Waals surface area (Å²) in [5.74, 6) is 0. The van der Waals surface area contributed by atoms with Crippen LogP contribution in [0.5, 0.6) is 0 Å². The van der Waals surface area contributed by atoms with E-state index < -0.39 is 0 Å². The molecule has 0 spiro atoms. The molecular formula is C8H16N2O. The van der Waals surface area contributed by atoms with Crippen molar-refractivity contribution in [3.8, 4) is 0 Å². The molecule has 3 heteroatoms. The van der Waals surface area contributed by atoms with E-state index in [4.69, 9.17) is 0 Å². The molecule has 0 aliphatic carbocycles. The zero-order valence-electron chi connectivity index (χ0n) is 7.72. The number of rotatable bonds is 4. The second-order valence-electron chi connectivity index (χ2n) is 3.57. The number of isocyanates is 1. The molecule has 0 fully saturated rings.